The fourth-order valence-corrected chi connectivity index (χ4v) is 8.36. The number of halogens is 1. The van der Waals surface area contributed by atoms with Crippen molar-refractivity contribution in [3.63, 3.8) is 0 Å². The Morgan fingerprint density at radius 1 is 0.368 bits per heavy atom. The van der Waals surface area contributed by atoms with Crippen LogP contribution in [-0.2, 0) is 0 Å². The van der Waals surface area contributed by atoms with E-state index in [1.165, 1.54) is 11.1 Å². The zero-order valence-electron chi connectivity index (χ0n) is 30.2. The van der Waals surface area contributed by atoms with Crippen LogP contribution in [0.25, 0.3) is 112 Å². The van der Waals surface area contributed by atoms with Crippen LogP contribution in [0.15, 0.2) is 189 Å². The molecular formula is C50H29BrN4O2. The van der Waals surface area contributed by atoms with Crippen LogP contribution in [0, 0.1) is 0 Å². The van der Waals surface area contributed by atoms with Crippen molar-refractivity contribution in [1.29, 1.82) is 0 Å². The van der Waals surface area contributed by atoms with E-state index < -0.39 is 0 Å². The van der Waals surface area contributed by atoms with Gasteiger partial charge in [0.15, 0.2) is 17.5 Å². The number of furan rings is 2. The van der Waals surface area contributed by atoms with E-state index in [0.717, 1.165) is 87.4 Å². The van der Waals surface area contributed by atoms with Gasteiger partial charge in [0.1, 0.15) is 22.3 Å². The van der Waals surface area contributed by atoms with Crippen molar-refractivity contribution in [2.24, 2.45) is 0 Å². The molecule has 11 rings (SSSR count). The highest BCUT2D eigenvalue weighted by molar-refractivity contribution is 9.10. The van der Waals surface area contributed by atoms with Gasteiger partial charge in [-0.25, -0.2) is 15.0 Å². The van der Waals surface area contributed by atoms with Crippen LogP contribution >= 0.6 is 15.9 Å². The van der Waals surface area contributed by atoms with Crippen molar-refractivity contribution in [2.75, 3.05) is 0 Å². The van der Waals surface area contributed by atoms with E-state index in [0.29, 0.717) is 17.5 Å². The summed E-state index contributed by atoms with van der Waals surface area (Å²) < 4.78 is 13.9. The molecule has 0 saturated heterocycles. The Morgan fingerprint density at radius 3 is 1.51 bits per heavy atom. The van der Waals surface area contributed by atoms with Gasteiger partial charge < -0.3 is 8.83 Å². The quantitative estimate of drug-likeness (QED) is 0.167. The molecule has 0 fully saturated rings. The van der Waals surface area contributed by atoms with Crippen molar-refractivity contribution in [2.45, 2.75) is 0 Å². The fraction of sp³-hybridized carbons (Fsp3) is 0. The summed E-state index contributed by atoms with van der Waals surface area (Å²) in [5.74, 6) is 1.48. The first-order chi connectivity index (χ1) is 28.2. The maximum Gasteiger partial charge on any atom is 0.167 e. The maximum atomic E-state index is 6.44. The number of fused-ring (bicyclic) bond motifs is 6. The Hall–Kier alpha value is -7.22. The lowest BCUT2D eigenvalue weighted by Crippen LogP contribution is -2.01. The van der Waals surface area contributed by atoms with Gasteiger partial charge in [0.25, 0.3) is 0 Å². The number of para-hydroxylation sites is 4. The Bertz CT molecular complexity index is 3180. The number of nitrogens with zero attached hydrogens (tertiary/aromatic N) is 4. The molecule has 57 heavy (non-hydrogen) atoms. The molecule has 11 aromatic rings. The molecule has 0 amide bonds. The fourth-order valence-electron chi connectivity index (χ4n) is 7.77. The predicted octanol–water partition coefficient (Wildman–Crippen LogP) is 13.8. The van der Waals surface area contributed by atoms with Crippen molar-refractivity contribution in [3.8, 4) is 67.7 Å². The molecule has 0 aliphatic rings. The van der Waals surface area contributed by atoms with E-state index in [-0.39, 0.29) is 0 Å². The molecule has 0 aliphatic carbocycles. The van der Waals surface area contributed by atoms with Gasteiger partial charge in [-0.05, 0) is 64.7 Å². The largest absolute Gasteiger partial charge is 0.455 e. The van der Waals surface area contributed by atoms with Crippen molar-refractivity contribution >= 4 is 59.8 Å². The summed E-state index contributed by atoms with van der Waals surface area (Å²) in [5, 5.41) is 4.07. The molecule has 4 heterocycles. The second-order valence-electron chi connectivity index (χ2n) is 13.9. The second kappa shape index (κ2) is 13.5. The van der Waals surface area contributed by atoms with Crippen LogP contribution in [0.2, 0.25) is 0 Å². The SMILES string of the molecule is Brc1cc(-c2ccc(-c3nc(-c4cccc5c4oc4ccccc45)nc(-c4cccc5c4oc4ccccc45)n3)cn2)ccc1-c1ccccc1-c1ccccc1. The summed E-state index contributed by atoms with van der Waals surface area (Å²) >= 11 is 3.89. The van der Waals surface area contributed by atoms with E-state index in [9.17, 15) is 0 Å². The summed E-state index contributed by atoms with van der Waals surface area (Å²) in [7, 11) is 0. The Morgan fingerprint density at radius 2 is 0.895 bits per heavy atom. The molecule has 0 aliphatic heterocycles. The van der Waals surface area contributed by atoms with Crippen LogP contribution < -0.4 is 0 Å². The molecular weight excluding hydrogens is 768 g/mol. The molecule has 0 unspecified atom stereocenters. The Kier molecular flexibility index (Phi) is 7.86. The van der Waals surface area contributed by atoms with Crippen LogP contribution in [0.1, 0.15) is 0 Å². The summed E-state index contributed by atoms with van der Waals surface area (Å²) in [4.78, 5) is 20.2. The smallest absolute Gasteiger partial charge is 0.167 e. The first kappa shape index (κ1) is 33.1. The lowest BCUT2D eigenvalue weighted by atomic mass is 9.94. The summed E-state index contributed by atoms with van der Waals surface area (Å²) in [6.07, 6.45) is 1.83. The van der Waals surface area contributed by atoms with Gasteiger partial charge in [-0.3, -0.25) is 4.98 Å². The third kappa shape index (κ3) is 5.71. The molecule has 0 saturated carbocycles. The zero-order valence-corrected chi connectivity index (χ0v) is 31.8. The van der Waals surface area contributed by atoms with Crippen LogP contribution in [0.3, 0.4) is 0 Å². The molecule has 268 valence electrons. The lowest BCUT2D eigenvalue weighted by molar-refractivity contribution is 0.669. The van der Waals surface area contributed by atoms with Gasteiger partial charge in [-0.2, -0.15) is 0 Å². The van der Waals surface area contributed by atoms with Crippen LogP contribution in [0.4, 0.5) is 0 Å². The van der Waals surface area contributed by atoms with Crippen molar-refractivity contribution in [1.82, 2.24) is 19.9 Å². The predicted molar refractivity (Wildman–Crippen MR) is 232 cm³/mol. The standard InChI is InChI=1S/C50H29BrN4O2/c51-42-28-31(24-26-35(42)34-15-5-4-14-33(34)30-12-2-1-3-13-30)43-27-25-32(29-52-43)48-53-49(40-20-10-18-38-36-16-6-8-22-44(36)56-46(38)40)55-50(54-48)41-21-11-19-39-37-17-7-9-23-45(37)57-47(39)41/h1-29H. The van der Waals surface area contributed by atoms with Crippen molar-refractivity contribution < 1.29 is 8.83 Å². The minimum atomic E-state index is 0.490. The van der Waals surface area contributed by atoms with E-state index in [2.05, 4.69) is 107 Å². The first-order valence-electron chi connectivity index (χ1n) is 18.6. The van der Waals surface area contributed by atoms with E-state index in [1.54, 1.807) is 0 Å². The molecule has 0 atom stereocenters. The highest BCUT2D eigenvalue weighted by Crippen LogP contribution is 2.40. The lowest BCUT2D eigenvalue weighted by Gasteiger charge is -2.13. The maximum absolute atomic E-state index is 6.44. The Balaban J connectivity index is 1.02. The topological polar surface area (TPSA) is 77.8 Å². The average Bonchev–Trinajstić information content (AvgIpc) is 3.85. The Labute approximate surface area is 335 Å². The molecule has 0 bridgehead atoms. The second-order valence-corrected chi connectivity index (χ2v) is 14.8. The molecule has 0 spiro atoms. The van der Waals surface area contributed by atoms with Gasteiger partial charge in [-0.1, -0.05) is 143 Å². The highest BCUT2D eigenvalue weighted by atomic mass is 79.9. The minimum Gasteiger partial charge on any atom is -0.455 e. The zero-order chi connectivity index (χ0) is 37.9. The summed E-state index contributed by atoms with van der Waals surface area (Å²) in [6.45, 7) is 0. The summed E-state index contributed by atoms with van der Waals surface area (Å²) in [5.41, 5.74) is 11.8. The average molecular weight is 798 g/mol. The molecule has 7 heteroatoms. The van der Waals surface area contributed by atoms with Crippen LogP contribution in [0.5, 0.6) is 0 Å². The molecule has 4 aromatic heterocycles. The van der Waals surface area contributed by atoms with Gasteiger partial charge in [-0.15, -0.1) is 0 Å². The number of hydrogen-bond acceptors (Lipinski definition) is 6. The van der Waals surface area contributed by atoms with Gasteiger partial charge >= 0.3 is 0 Å². The van der Waals surface area contributed by atoms with Crippen LogP contribution in [-0.4, -0.2) is 19.9 Å². The van der Waals surface area contributed by atoms with E-state index in [1.807, 2.05) is 85.1 Å². The van der Waals surface area contributed by atoms with E-state index >= 15 is 0 Å². The van der Waals surface area contributed by atoms with E-state index in [4.69, 9.17) is 28.8 Å². The van der Waals surface area contributed by atoms with Gasteiger partial charge in [0, 0.05) is 43.3 Å². The van der Waals surface area contributed by atoms with Crippen molar-refractivity contribution in [3.05, 3.63) is 181 Å². The van der Waals surface area contributed by atoms with Gasteiger partial charge in [0.05, 0.1) is 16.8 Å². The number of rotatable bonds is 6. The minimum absolute atomic E-state index is 0.490. The number of benzene rings is 7. The monoisotopic (exact) mass is 796 g/mol. The first-order valence-corrected chi connectivity index (χ1v) is 19.4. The number of hydrogen-bond donors (Lipinski definition) is 0. The third-order valence-corrected chi connectivity index (χ3v) is 11.2. The molecule has 0 N–H and O–H groups in total. The number of aromatic nitrogens is 4. The third-order valence-electron chi connectivity index (χ3n) is 10.5. The molecule has 6 nitrogen and oxygen atoms in total. The number of pyridine rings is 1. The normalized spacial score (nSPS) is 11.6. The molecule has 0 radical (unpaired) electrons. The molecule has 7 aromatic carbocycles. The van der Waals surface area contributed by atoms with Gasteiger partial charge in [0.2, 0.25) is 0 Å². The highest BCUT2D eigenvalue weighted by Gasteiger charge is 2.21. The summed E-state index contributed by atoms with van der Waals surface area (Å²) in [6, 6.07) is 57.6.